The third-order valence-corrected chi connectivity index (χ3v) is 5.09. The molecule has 27 heavy (non-hydrogen) atoms. The van der Waals surface area contributed by atoms with E-state index in [9.17, 15) is 4.79 Å². The van der Waals surface area contributed by atoms with E-state index < -0.39 is 0 Å². The zero-order chi connectivity index (χ0) is 19.0. The van der Waals surface area contributed by atoms with Crippen LogP contribution in [0.25, 0.3) is 11.3 Å². The molecule has 0 saturated carbocycles. The molecule has 0 atom stereocenters. The van der Waals surface area contributed by atoms with Crippen LogP contribution in [0, 0.1) is 6.92 Å². The second kappa shape index (κ2) is 7.43. The average Bonchev–Trinajstić information content (AvgIpc) is 2.62. The molecule has 0 radical (unpaired) electrons. The van der Waals surface area contributed by atoms with Crippen molar-refractivity contribution in [3.8, 4) is 11.3 Å². The third kappa shape index (κ3) is 4.05. The number of hydrogen-bond donors (Lipinski definition) is 1. The van der Waals surface area contributed by atoms with Gasteiger partial charge < -0.3 is 4.98 Å². The lowest BCUT2D eigenvalue weighted by molar-refractivity contribution is 0.241. The van der Waals surface area contributed by atoms with E-state index in [1.807, 2.05) is 37.4 Å². The molecule has 0 spiro atoms. The third-order valence-electron chi connectivity index (χ3n) is 4.66. The van der Waals surface area contributed by atoms with Crippen LogP contribution < -0.4 is 5.56 Å². The van der Waals surface area contributed by atoms with Crippen molar-refractivity contribution in [1.82, 2.24) is 19.9 Å². The average molecular weight is 401 g/mol. The van der Waals surface area contributed by atoms with E-state index in [4.69, 9.17) is 23.2 Å². The summed E-state index contributed by atoms with van der Waals surface area (Å²) in [6.07, 6.45) is 2.64. The number of pyridine rings is 1. The van der Waals surface area contributed by atoms with Crippen LogP contribution >= 0.6 is 23.2 Å². The van der Waals surface area contributed by atoms with Gasteiger partial charge in [0.05, 0.1) is 17.0 Å². The first-order valence-corrected chi connectivity index (χ1v) is 9.46. The molecule has 0 saturated heterocycles. The first-order chi connectivity index (χ1) is 13.0. The summed E-state index contributed by atoms with van der Waals surface area (Å²) in [5.41, 5.74) is 4.45. The zero-order valence-corrected chi connectivity index (χ0v) is 16.3. The topological polar surface area (TPSA) is 61.9 Å². The highest BCUT2D eigenvalue weighted by molar-refractivity contribution is 6.35. The highest BCUT2D eigenvalue weighted by Gasteiger charge is 2.20. The predicted octanol–water partition coefficient (Wildman–Crippen LogP) is 4.01. The molecule has 0 bridgehead atoms. The molecule has 7 heteroatoms. The second-order valence-corrected chi connectivity index (χ2v) is 7.62. The van der Waals surface area contributed by atoms with Crippen molar-refractivity contribution in [2.45, 2.75) is 26.4 Å². The van der Waals surface area contributed by atoms with Crippen molar-refractivity contribution < 1.29 is 0 Å². The van der Waals surface area contributed by atoms with Crippen molar-refractivity contribution in [1.29, 1.82) is 0 Å². The summed E-state index contributed by atoms with van der Waals surface area (Å²) in [6, 6.07) is 9.40. The standard InChI is InChI=1S/C20H18Cl2N4O/c1-12-24-19-4-5-26(11-17(19)20(27)25-12)10-13-2-3-18(23-9-13)14-6-15(21)8-16(22)7-14/h2-3,6-9H,4-5,10-11H2,1H3,(H,24,25,27). The molecule has 0 aliphatic carbocycles. The van der Waals surface area contributed by atoms with E-state index in [1.165, 1.54) is 0 Å². The van der Waals surface area contributed by atoms with Crippen molar-refractivity contribution in [3.05, 3.63) is 79.6 Å². The monoisotopic (exact) mass is 400 g/mol. The summed E-state index contributed by atoms with van der Waals surface area (Å²) >= 11 is 12.1. The van der Waals surface area contributed by atoms with Crippen LogP contribution in [0.1, 0.15) is 22.6 Å². The minimum absolute atomic E-state index is 0.0338. The molecule has 1 aliphatic heterocycles. The van der Waals surface area contributed by atoms with E-state index >= 15 is 0 Å². The number of nitrogens with zero attached hydrogens (tertiary/aromatic N) is 3. The fourth-order valence-corrected chi connectivity index (χ4v) is 3.91. The highest BCUT2D eigenvalue weighted by Crippen LogP contribution is 2.26. The summed E-state index contributed by atoms with van der Waals surface area (Å²) in [5, 5.41) is 1.17. The fourth-order valence-electron chi connectivity index (χ4n) is 3.39. The Balaban J connectivity index is 1.50. The van der Waals surface area contributed by atoms with Crippen LogP contribution in [-0.2, 0) is 19.5 Å². The Labute approximate surface area is 167 Å². The van der Waals surface area contributed by atoms with Crippen LogP contribution in [0.5, 0.6) is 0 Å². The Bertz CT molecular complexity index is 1030. The number of aromatic amines is 1. The van der Waals surface area contributed by atoms with E-state index in [2.05, 4.69) is 19.9 Å². The molecule has 138 valence electrons. The minimum atomic E-state index is -0.0338. The molecule has 0 fully saturated rings. The number of fused-ring (bicyclic) bond motifs is 1. The number of H-pyrrole nitrogens is 1. The maximum absolute atomic E-state index is 12.2. The molecular weight excluding hydrogens is 383 g/mol. The lowest BCUT2D eigenvalue weighted by Gasteiger charge is -2.27. The molecule has 3 aromatic rings. The lowest BCUT2D eigenvalue weighted by atomic mass is 10.1. The van der Waals surface area contributed by atoms with Gasteiger partial charge in [-0.05, 0) is 36.8 Å². The Morgan fingerprint density at radius 1 is 1.19 bits per heavy atom. The van der Waals surface area contributed by atoms with Crippen LogP contribution in [0.15, 0.2) is 41.3 Å². The van der Waals surface area contributed by atoms with Crippen molar-refractivity contribution in [3.63, 3.8) is 0 Å². The summed E-state index contributed by atoms with van der Waals surface area (Å²) in [6.45, 7) is 4.02. The number of benzene rings is 1. The van der Waals surface area contributed by atoms with Crippen LogP contribution in [0.3, 0.4) is 0 Å². The first kappa shape index (κ1) is 18.2. The molecule has 5 nitrogen and oxygen atoms in total. The number of rotatable bonds is 3. The Morgan fingerprint density at radius 3 is 2.67 bits per heavy atom. The Morgan fingerprint density at radius 2 is 1.96 bits per heavy atom. The van der Waals surface area contributed by atoms with Gasteiger partial charge in [0.25, 0.3) is 5.56 Å². The number of nitrogens with one attached hydrogen (secondary N) is 1. The van der Waals surface area contributed by atoms with Gasteiger partial charge in [-0.3, -0.25) is 14.7 Å². The smallest absolute Gasteiger partial charge is 0.255 e. The molecule has 1 N–H and O–H groups in total. The largest absolute Gasteiger partial charge is 0.310 e. The van der Waals surface area contributed by atoms with Gasteiger partial charge in [0.1, 0.15) is 5.82 Å². The van der Waals surface area contributed by atoms with E-state index in [0.29, 0.717) is 22.4 Å². The van der Waals surface area contributed by atoms with E-state index in [0.717, 1.165) is 47.6 Å². The highest BCUT2D eigenvalue weighted by atomic mass is 35.5. The molecule has 4 rings (SSSR count). The number of aromatic nitrogens is 3. The molecule has 0 amide bonds. The van der Waals surface area contributed by atoms with Crippen LogP contribution in [0.2, 0.25) is 10.0 Å². The number of aryl methyl sites for hydroxylation is 1. The summed E-state index contributed by atoms with van der Waals surface area (Å²) in [5.74, 6) is 0.674. The fraction of sp³-hybridized carbons (Fsp3) is 0.250. The first-order valence-electron chi connectivity index (χ1n) is 8.70. The lowest BCUT2D eigenvalue weighted by Crippen LogP contribution is -2.35. The summed E-state index contributed by atoms with van der Waals surface area (Å²) in [7, 11) is 0. The Kier molecular flexibility index (Phi) is 5.00. The van der Waals surface area contributed by atoms with Crippen LogP contribution in [0.4, 0.5) is 0 Å². The molecule has 1 aliphatic rings. The maximum atomic E-state index is 12.2. The molecule has 1 aromatic carbocycles. The molecule has 3 heterocycles. The molecular formula is C20H18Cl2N4O. The minimum Gasteiger partial charge on any atom is -0.310 e. The quantitative estimate of drug-likeness (QED) is 0.721. The van der Waals surface area contributed by atoms with E-state index in [-0.39, 0.29) is 5.56 Å². The molecule has 0 unspecified atom stereocenters. The van der Waals surface area contributed by atoms with Gasteiger partial charge in [-0.25, -0.2) is 4.98 Å². The van der Waals surface area contributed by atoms with Crippen molar-refractivity contribution in [2.75, 3.05) is 6.54 Å². The van der Waals surface area contributed by atoms with Crippen molar-refractivity contribution in [2.24, 2.45) is 0 Å². The van der Waals surface area contributed by atoms with Gasteiger partial charge in [-0.1, -0.05) is 29.3 Å². The SMILES string of the molecule is Cc1nc2c(c(=O)[nH]1)CN(Cc1ccc(-c3cc(Cl)cc(Cl)c3)nc1)CC2. The van der Waals surface area contributed by atoms with Gasteiger partial charge >= 0.3 is 0 Å². The van der Waals surface area contributed by atoms with Gasteiger partial charge in [0.15, 0.2) is 0 Å². The summed E-state index contributed by atoms with van der Waals surface area (Å²) < 4.78 is 0. The van der Waals surface area contributed by atoms with Crippen molar-refractivity contribution >= 4 is 23.2 Å². The Hall–Kier alpha value is -2.21. The molecule has 2 aromatic heterocycles. The summed E-state index contributed by atoms with van der Waals surface area (Å²) in [4.78, 5) is 26.2. The maximum Gasteiger partial charge on any atom is 0.255 e. The van der Waals surface area contributed by atoms with E-state index in [1.54, 1.807) is 6.07 Å². The number of hydrogen-bond acceptors (Lipinski definition) is 4. The normalized spacial score (nSPS) is 14.2. The van der Waals surface area contributed by atoms with Gasteiger partial charge in [0.2, 0.25) is 0 Å². The predicted molar refractivity (Wildman–Crippen MR) is 107 cm³/mol. The van der Waals surface area contributed by atoms with Gasteiger partial charge in [-0.2, -0.15) is 0 Å². The second-order valence-electron chi connectivity index (χ2n) is 6.75. The van der Waals surface area contributed by atoms with Gasteiger partial charge in [-0.15, -0.1) is 0 Å². The van der Waals surface area contributed by atoms with Crippen LogP contribution in [-0.4, -0.2) is 26.4 Å². The zero-order valence-electron chi connectivity index (χ0n) is 14.8. The van der Waals surface area contributed by atoms with Gasteiger partial charge in [0, 0.05) is 47.9 Å². The number of halogens is 2.